The third-order valence-electron chi connectivity index (χ3n) is 2.44. The molecule has 2 rings (SSSR count). The summed E-state index contributed by atoms with van der Waals surface area (Å²) in [5.74, 6) is 0.843. The van der Waals surface area contributed by atoms with Gasteiger partial charge in [-0.05, 0) is 13.8 Å². The van der Waals surface area contributed by atoms with E-state index in [0.29, 0.717) is 18.4 Å². The molecule has 1 fully saturated rings. The Morgan fingerprint density at radius 2 is 2.40 bits per heavy atom. The number of nitrogens with zero attached hydrogens (tertiary/aromatic N) is 3. The number of piperazine rings is 1. The van der Waals surface area contributed by atoms with E-state index >= 15 is 0 Å². The fourth-order valence-electron chi connectivity index (χ4n) is 1.70. The van der Waals surface area contributed by atoms with Gasteiger partial charge >= 0.3 is 0 Å². The Bertz CT molecular complexity index is 361. The van der Waals surface area contributed by atoms with E-state index in [4.69, 9.17) is 0 Å². The summed E-state index contributed by atoms with van der Waals surface area (Å²) in [6, 6.07) is 0.336. The Morgan fingerprint density at radius 3 is 3.00 bits per heavy atom. The van der Waals surface area contributed by atoms with Crippen LogP contribution in [0.5, 0.6) is 0 Å². The molecule has 1 unspecified atom stereocenters. The predicted octanol–water partition coefficient (Wildman–Crippen LogP) is -0.453. The van der Waals surface area contributed by atoms with Crippen LogP contribution < -0.4 is 5.32 Å². The summed E-state index contributed by atoms with van der Waals surface area (Å²) in [5.41, 5.74) is 0. The van der Waals surface area contributed by atoms with Crippen LogP contribution in [0.25, 0.3) is 0 Å². The van der Waals surface area contributed by atoms with Gasteiger partial charge in [0.05, 0.1) is 0 Å². The summed E-state index contributed by atoms with van der Waals surface area (Å²) in [7, 11) is 0. The quantitative estimate of drug-likeness (QED) is 0.657. The highest BCUT2D eigenvalue weighted by Crippen LogP contribution is 2.03. The van der Waals surface area contributed by atoms with E-state index in [1.165, 1.54) is 0 Å². The van der Waals surface area contributed by atoms with Crippen molar-refractivity contribution in [2.24, 2.45) is 0 Å². The molecule has 0 bridgehead atoms. The maximum atomic E-state index is 11.9. The summed E-state index contributed by atoms with van der Waals surface area (Å²) in [6.45, 7) is 6.10. The number of aromatic nitrogens is 3. The maximum Gasteiger partial charge on any atom is 0.293 e. The minimum Gasteiger partial charge on any atom is -0.333 e. The number of aromatic amines is 1. The SMILES string of the molecule is Cc1nc(C(=O)N2CCNC(C)C2)n[nH]1. The zero-order chi connectivity index (χ0) is 10.8. The largest absolute Gasteiger partial charge is 0.333 e. The smallest absolute Gasteiger partial charge is 0.293 e. The first kappa shape index (κ1) is 10.1. The van der Waals surface area contributed by atoms with Crippen LogP contribution in [0, 0.1) is 6.92 Å². The molecule has 1 saturated heterocycles. The maximum absolute atomic E-state index is 11.9. The van der Waals surface area contributed by atoms with E-state index in [-0.39, 0.29) is 11.7 Å². The van der Waals surface area contributed by atoms with Gasteiger partial charge in [0.15, 0.2) is 0 Å². The second-order valence-electron chi connectivity index (χ2n) is 3.85. The van der Waals surface area contributed by atoms with Crippen molar-refractivity contribution in [2.75, 3.05) is 19.6 Å². The molecule has 6 nitrogen and oxygen atoms in total. The van der Waals surface area contributed by atoms with Gasteiger partial charge in [0.1, 0.15) is 5.82 Å². The van der Waals surface area contributed by atoms with Gasteiger partial charge in [-0.25, -0.2) is 4.98 Å². The van der Waals surface area contributed by atoms with Gasteiger partial charge < -0.3 is 10.2 Å². The molecule has 6 heteroatoms. The van der Waals surface area contributed by atoms with E-state index < -0.39 is 0 Å². The van der Waals surface area contributed by atoms with Crippen LogP contribution in [0.4, 0.5) is 0 Å². The standard InChI is InChI=1S/C9H15N5O/c1-6-5-14(4-3-10-6)9(15)8-11-7(2)12-13-8/h6,10H,3-5H2,1-2H3,(H,11,12,13). The van der Waals surface area contributed by atoms with Crippen molar-refractivity contribution >= 4 is 5.91 Å². The average Bonchev–Trinajstić information content (AvgIpc) is 2.64. The molecule has 1 aliphatic rings. The second-order valence-corrected chi connectivity index (χ2v) is 3.85. The normalized spacial score (nSPS) is 21.7. The summed E-state index contributed by atoms with van der Waals surface area (Å²) >= 11 is 0. The van der Waals surface area contributed by atoms with Gasteiger partial charge in [0.25, 0.3) is 5.91 Å². The third kappa shape index (κ3) is 2.15. The number of amides is 1. The first-order valence-electron chi connectivity index (χ1n) is 5.08. The lowest BCUT2D eigenvalue weighted by Gasteiger charge is -2.30. The fourth-order valence-corrected chi connectivity index (χ4v) is 1.70. The first-order valence-corrected chi connectivity index (χ1v) is 5.08. The number of hydrogen-bond acceptors (Lipinski definition) is 4. The molecule has 82 valence electrons. The zero-order valence-electron chi connectivity index (χ0n) is 8.95. The van der Waals surface area contributed by atoms with Crippen molar-refractivity contribution in [3.63, 3.8) is 0 Å². The van der Waals surface area contributed by atoms with Crippen molar-refractivity contribution < 1.29 is 4.79 Å². The summed E-state index contributed by atoms with van der Waals surface area (Å²) in [6.07, 6.45) is 0. The molecule has 0 saturated carbocycles. The van der Waals surface area contributed by atoms with Crippen molar-refractivity contribution in [2.45, 2.75) is 19.9 Å². The molecule has 0 spiro atoms. The third-order valence-corrected chi connectivity index (χ3v) is 2.44. The highest BCUT2D eigenvalue weighted by Gasteiger charge is 2.23. The first-order chi connectivity index (χ1) is 7.16. The minimum atomic E-state index is -0.0901. The molecule has 2 heterocycles. The van der Waals surface area contributed by atoms with Crippen molar-refractivity contribution in [3.8, 4) is 0 Å². The van der Waals surface area contributed by atoms with Crippen LogP contribution in [-0.4, -0.2) is 51.7 Å². The van der Waals surface area contributed by atoms with Gasteiger partial charge in [-0.2, -0.15) is 0 Å². The molecule has 2 N–H and O–H groups in total. The number of H-pyrrole nitrogens is 1. The molecule has 1 aliphatic heterocycles. The molecular weight excluding hydrogens is 194 g/mol. The van der Waals surface area contributed by atoms with Crippen molar-refractivity contribution in [1.82, 2.24) is 25.4 Å². The van der Waals surface area contributed by atoms with Crippen LogP contribution in [-0.2, 0) is 0 Å². The Hall–Kier alpha value is -1.43. The van der Waals surface area contributed by atoms with Crippen molar-refractivity contribution in [3.05, 3.63) is 11.6 Å². The highest BCUT2D eigenvalue weighted by atomic mass is 16.2. The molecule has 1 atom stereocenters. The Morgan fingerprint density at radius 1 is 1.60 bits per heavy atom. The summed E-state index contributed by atoms with van der Waals surface area (Å²) < 4.78 is 0. The van der Waals surface area contributed by atoms with E-state index in [2.05, 4.69) is 27.4 Å². The van der Waals surface area contributed by atoms with E-state index in [9.17, 15) is 4.79 Å². The highest BCUT2D eigenvalue weighted by molar-refractivity contribution is 5.90. The lowest BCUT2D eigenvalue weighted by atomic mass is 10.2. The van der Waals surface area contributed by atoms with Gasteiger partial charge in [-0.15, -0.1) is 5.10 Å². The van der Waals surface area contributed by atoms with E-state index in [0.717, 1.165) is 13.1 Å². The van der Waals surface area contributed by atoms with Crippen molar-refractivity contribution in [1.29, 1.82) is 0 Å². The topological polar surface area (TPSA) is 73.9 Å². The molecule has 0 radical (unpaired) electrons. The molecule has 1 aromatic rings. The monoisotopic (exact) mass is 209 g/mol. The van der Waals surface area contributed by atoms with Crippen LogP contribution in [0.2, 0.25) is 0 Å². The Kier molecular flexibility index (Phi) is 2.68. The molecule has 1 amide bonds. The van der Waals surface area contributed by atoms with Gasteiger partial charge in [-0.3, -0.25) is 9.89 Å². The number of rotatable bonds is 1. The molecule has 15 heavy (non-hydrogen) atoms. The lowest BCUT2D eigenvalue weighted by molar-refractivity contribution is 0.0697. The van der Waals surface area contributed by atoms with Gasteiger partial charge in [0.2, 0.25) is 5.82 Å². The lowest BCUT2D eigenvalue weighted by Crippen LogP contribution is -2.51. The number of carbonyl (C=O) groups is 1. The molecule has 0 aromatic carbocycles. The average molecular weight is 209 g/mol. The van der Waals surface area contributed by atoms with E-state index in [1.807, 2.05) is 0 Å². The van der Waals surface area contributed by atoms with E-state index in [1.54, 1.807) is 11.8 Å². The predicted molar refractivity (Wildman–Crippen MR) is 54.5 cm³/mol. The summed E-state index contributed by atoms with van der Waals surface area (Å²) in [5, 5.41) is 9.82. The van der Waals surface area contributed by atoms with Crippen LogP contribution in [0.1, 0.15) is 23.4 Å². The number of nitrogens with one attached hydrogen (secondary N) is 2. The molecular formula is C9H15N5O. The van der Waals surface area contributed by atoms with Crippen LogP contribution in [0.15, 0.2) is 0 Å². The Labute approximate surface area is 88.1 Å². The summed E-state index contributed by atoms with van der Waals surface area (Å²) in [4.78, 5) is 17.7. The van der Waals surface area contributed by atoms with Crippen LogP contribution >= 0.6 is 0 Å². The molecule has 1 aromatic heterocycles. The van der Waals surface area contributed by atoms with Gasteiger partial charge in [0, 0.05) is 25.7 Å². The minimum absolute atomic E-state index is 0.0901. The second kappa shape index (κ2) is 3.98. The van der Waals surface area contributed by atoms with Gasteiger partial charge in [-0.1, -0.05) is 0 Å². The number of hydrogen-bond donors (Lipinski definition) is 2. The van der Waals surface area contributed by atoms with Crippen LogP contribution in [0.3, 0.4) is 0 Å². The molecule has 0 aliphatic carbocycles. The number of aryl methyl sites for hydroxylation is 1. The Balaban J connectivity index is 2.07. The number of carbonyl (C=O) groups excluding carboxylic acids is 1. The zero-order valence-corrected chi connectivity index (χ0v) is 8.95. The fraction of sp³-hybridized carbons (Fsp3) is 0.667.